The third-order valence-corrected chi connectivity index (χ3v) is 5.86. The number of fused-ring (bicyclic) bond motifs is 2. The molecule has 3 N–H and O–H groups in total. The molecule has 0 fully saturated rings. The molecule has 3 aromatic heterocycles. The Morgan fingerprint density at radius 1 is 1.19 bits per heavy atom. The molecule has 0 amide bonds. The highest BCUT2D eigenvalue weighted by Gasteiger charge is 2.31. The van der Waals surface area contributed by atoms with Gasteiger partial charge in [-0.1, -0.05) is 6.92 Å². The molecule has 0 bridgehead atoms. The van der Waals surface area contributed by atoms with Crippen LogP contribution >= 0.6 is 0 Å². The van der Waals surface area contributed by atoms with Gasteiger partial charge in [-0.2, -0.15) is 0 Å². The fraction of sp³-hybridized carbons (Fsp3) is 0.391. The van der Waals surface area contributed by atoms with E-state index in [2.05, 4.69) is 20.3 Å². The third-order valence-electron chi connectivity index (χ3n) is 5.86. The van der Waals surface area contributed by atoms with Crippen molar-refractivity contribution in [3.05, 3.63) is 53.1 Å². The fourth-order valence-corrected chi connectivity index (χ4v) is 3.92. The Hall–Kier alpha value is -3.10. The molecule has 0 radical (unpaired) electrons. The Balaban J connectivity index is 1.74. The molecule has 0 spiro atoms. The van der Waals surface area contributed by atoms with Gasteiger partial charge < -0.3 is 20.5 Å². The first-order chi connectivity index (χ1) is 14.7. The molecule has 1 unspecified atom stereocenters. The number of hydrogen-bond acceptors (Lipinski definition) is 8. The number of aromatic nitrogens is 3. The lowest BCUT2D eigenvalue weighted by atomic mass is 9.91. The van der Waals surface area contributed by atoms with Gasteiger partial charge in [-0.25, -0.2) is 14.8 Å². The molecule has 3 aromatic rings. The second-order valence-corrected chi connectivity index (χ2v) is 8.38. The predicted molar refractivity (Wildman–Crippen MR) is 119 cm³/mol. The van der Waals surface area contributed by atoms with Crippen LogP contribution in [-0.4, -0.2) is 40.7 Å². The maximum Gasteiger partial charge on any atom is 0.340 e. The molecule has 8 heteroatoms. The summed E-state index contributed by atoms with van der Waals surface area (Å²) in [7, 11) is 1.63. The summed E-state index contributed by atoms with van der Waals surface area (Å²) in [5.41, 5.74) is 8.80. The van der Waals surface area contributed by atoms with Crippen molar-refractivity contribution in [1.29, 1.82) is 0 Å². The van der Waals surface area contributed by atoms with E-state index < -0.39 is 5.54 Å². The Labute approximate surface area is 181 Å². The van der Waals surface area contributed by atoms with E-state index in [0.717, 1.165) is 27.7 Å². The molecule has 0 aliphatic carbocycles. The molecule has 4 heterocycles. The number of cyclic esters (lactones) is 1. The SMILES string of the molecule is COCC(C)(N)c1cnc(C)c2cnc(Nc3ccc4c(n3)[C@@H](C)[C@H](C)OC4=O)cc12. The monoisotopic (exact) mass is 421 g/mol. The number of aryl methyl sites for hydroxylation is 1. The van der Waals surface area contributed by atoms with Crippen molar-refractivity contribution in [2.45, 2.75) is 45.3 Å². The van der Waals surface area contributed by atoms with Crippen LogP contribution in [0.15, 0.2) is 30.6 Å². The van der Waals surface area contributed by atoms with Gasteiger partial charge in [0.2, 0.25) is 0 Å². The van der Waals surface area contributed by atoms with Crippen LogP contribution in [0.2, 0.25) is 0 Å². The first-order valence-electron chi connectivity index (χ1n) is 10.2. The summed E-state index contributed by atoms with van der Waals surface area (Å²) in [5, 5.41) is 5.14. The van der Waals surface area contributed by atoms with Crippen LogP contribution in [0.25, 0.3) is 10.8 Å². The van der Waals surface area contributed by atoms with Crippen molar-refractivity contribution >= 4 is 28.4 Å². The lowest BCUT2D eigenvalue weighted by Gasteiger charge is -2.27. The molecule has 31 heavy (non-hydrogen) atoms. The Bertz CT molecular complexity index is 1160. The van der Waals surface area contributed by atoms with Crippen molar-refractivity contribution in [2.24, 2.45) is 5.73 Å². The predicted octanol–water partition coefficient (Wildman–Crippen LogP) is 3.56. The van der Waals surface area contributed by atoms with E-state index in [1.54, 1.807) is 31.6 Å². The number of pyridine rings is 3. The van der Waals surface area contributed by atoms with Crippen LogP contribution in [0.1, 0.15) is 54.0 Å². The lowest BCUT2D eigenvalue weighted by Crippen LogP contribution is -2.38. The van der Waals surface area contributed by atoms with Crippen molar-refractivity contribution in [3.63, 3.8) is 0 Å². The van der Waals surface area contributed by atoms with Gasteiger partial charge in [0.25, 0.3) is 0 Å². The summed E-state index contributed by atoms with van der Waals surface area (Å²) in [6, 6.07) is 5.44. The summed E-state index contributed by atoms with van der Waals surface area (Å²) in [6.45, 7) is 8.09. The highest BCUT2D eigenvalue weighted by Crippen LogP contribution is 2.32. The molecule has 0 aromatic carbocycles. The summed E-state index contributed by atoms with van der Waals surface area (Å²) in [6.07, 6.45) is 3.36. The largest absolute Gasteiger partial charge is 0.458 e. The number of ether oxygens (including phenoxy) is 2. The van der Waals surface area contributed by atoms with Gasteiger partial charge >= 0.3 is 5.97 Å². The fourth-order valence-electron chi connectivity index (χ4n) is 3.92. The van der Waals surface area contributed by atoms with Crippen LogP contribution in [0.3, 0.4) is 0 Å². The van der Waals surface area contributed by atoms with Crippen LogP contribution in [0.5, 0.6) is 0 Å². The highest BCUT2D eigenvalue weighted by atomic mass is 16.5. The van der Waals surface area contributed by atoms with Crippen molar-refractivity contribution in [3.8, 4) is 0 Å². The van der Waals surface area contributed by atoms with Gasteiger partial charge in [0.05, 0.1) is 23.4 Å². The topological polar surface area (TPSA) is 112 Å². The summed E-state index contributed by atoms with van der Waals surface area (Å²) < 4.78 is 10.7. The number of methoxy groups -OCH3 is 1. The zero-order valence-electron chi connectivity index (χ0n) is 18.4. The lowest BCUT2D eigenvalue weighted by molar-refractivity contribution is 0.0235. The first kappa shape index (κ1) is 21.1. The summed E-state index contributed by atoms with van der Waals surface area (Å²) >= 11 is 0. The first-order valence-corrected chi connectivity index (χ1v) is 10.2. The maximum atomic E-state index is 12.2. The third kappa shape index (κ3) is 3.84. The van der Waals surface area contributed by atoms with Gasteiger partial charge in [-0.3, -0.25) is 4.98 Å². The number of esters is 1. The molecule has 0 saturated carbocycles. The quantitative estimate of drug-likeness (QED) is 0.602. The van der Waals surface area contributed by atoms with E-state index in [-0.39, 0.29) is 18.0 Å². The Morgan fingerprint density at radius 2 is 1.97 bits per heavy atom. The highest BCUT2D eigenvalue weighted by molar-refractivity contribution is 5.92. The van der Waals surface area contributed by atoms with E-state index in [9.17, 15) is 4.79 Å². The van der Waals surface area contributed by atoms with Crippen LogP contribution in [0.4, 0.5) is 11.6 Å². The van der Waals surface area contributed by atoms with E-state index in [1.807, 2.05) is 33.8 Å². The zero-order valence-corrected chi connectivity index (χ0v) is 18.4. The van der Waals surface area contributed by atoms with Gasteiger partial charge in [0, 0.05) is 42.1 Å². The smallest absolute Gasteiger partial charge is 0.340 e. The van der Waals surface area contributed by atoms with E-state index in [1.165, 1.54) is 0 Å². The van der Waals surface area contributed by atoms with E-state index in [0.29, 0.717) is 23.8 Å². The minimum Gasteiger partial charge on any atom is -0.458 e. The average molecular weight is 422 g/mol. The molecule has 8 nitrogen and oxygen atoms in total. The number of carbonyl (C=O) groups excluding carboxylic acids is 1. The van der Waals surface area contributed by atoms with E-state index >= 15 is 0 Å². The second kappa shape index (κ2) is 7.86. The van der Waals surface area contributed by atoms with Gasteiger partial charge in [-0.05, 0) is 44.4 Å². The standard InChI is InChI=1S/C23H27N5O3/c1-12-14(3)31-22(29)15-6-7-19(28-21(12)15)27-20-8-16-17(9-26-20)13(2)25-10-18(16)23(4,24)11-30-5/h6-10,12,14H,11,24H2,1-5H3,(H,26,27,28)/t12-,14-,23?/m0/s1. The molecule has 4 rings (SSSR count). The molecule has 1 aliphatic rings. The van der Waals surface area contributed by atoms with Crippen molar-refractivity contribution < 1.29 is 14.3 Å². The molecule has 162 valence electrons. The number of nitrogens with one attached hydrogen (secondary N) is 1. The van der Waals surface area contributed by atoms with Gasteiger partial charge in [0.1, 0.15) is 17.7 Å². The van der Waals surface area contributed by atoms with Gasteiger partial charge in [-0.15, -0.1) is 0 Å². The number of rotatable bonds is 5. The summed E-state index contributed by atoms with van der Waals surface area (Å²) in [4.78, 5) is 25.9. The van der Waals surface area contributed by atoms with E-state index in [4.69, 9.17) is 15.2 Å². The molecular weight excluding hydrogens is 394 g/mol. The maximum absolute atomic E-state index is 12.2. The van der Waals surface area contributed by atoms with Crippen molar-refractivity contribution in [1.82, 2.24) is 15.0 Å². The summed E-state index contributed by atoms with van der Waals surface area (Å²) in [5.74, 6) is 0.904. The average Bonchev–Trinajstić information content (AvgIpc) is 2.72. The number of carbonyl (C=O) groups is 1. The van der Waals surface area contributed by atoms with Crippen LogP contribution in [-0.2, 0) is 15.0 Å². The Morgan fingerprint density at radius 3 is 2.71 bits per heavy atom. The minimum atomic E-state index is -0.706. The van der Waals surface area contributed by atoms with Crippen molar-refractivity contribution in [2.75, 3.05) is 19.0 Å². The molecule has 3 atom stereocenters. The molecular formula is C23H27N5O3. The van der Waals surface area contributed by atoms with Crippen LogP contribution in [0, 0.1) is 6.92 Å². The number of hydrogen-bond donors (Lipinski definition) is 2. The Kier molecular flexibility index (Phi) is 5.36. The molecule has 0 saturated heterocycles. The number of anilines is 2. The van der Waals surface area contributed by atoms with Crippen LogP contribution < -0.4 is 11.1 Å². The zero-order chi connectivity index (χ0) is 22.3. The number of nitrogens with two attached hydrogens (primary N) is 1. The van der Waals surface area contributed by atoms with Gasteiger partial charge in [0.15, 0.2) is 0 Å². The number of nitrogens with zero attached hydrogens (tertiary/aromatic N) is 3. The molecule has 1 aliphatic heterocycles. The minimum absolute atomic E-state index is 0.00586. The normalized spacial score (nSPS) is 20.1. The second-order valence-electron chi connectivity index (χ2n) is 8.38.